The largest absolute Gasteiger partial charge is 0.274 e. The predicted octanol–water partition coefficient (Wildman–Crippen LogP) is 0.868. The van der Waals surface area contributed by atoms with Crippen molar-refractivity contribution in [1.82, 2.24) is 5.01 Å². The van der Waals surface area contributed by atoms with Gasteiger partial charge in [-0.05, 0) is 6.92 Å². The highest BCUT2D eigenvalue weighted by Crippen LogP contribution is 1.82. The zero-order valence-electron chi connectivity index (χ0n) is 5.54. The molecule has 0 aromatic heterocycles. The Hall–Kier alpha value is -1.09. The molecule has 0 aliphatic heterocycles. The van der Waals surface area contributed by atoms with E-state index >= 15 is 0 Å². The fourth-order valence-corrected chi connectivity index (χ4v) is 0.331. The Morgan fingerprint density at radius 2 is 2.22 bits per heavy atom. The van der Waals surface area contributed by atoms with Gasteiger partial charge < -0.3 is 0 Å². The van der Waals surface area contributed by atoms with Crippen molar-refractivity contribution in [2.45, 2.75) is 6.92 Å². The SMILES string of the molecule is C=C/N=C(\C)N(N)C=C. The van der Waals surface area contributed by atoms with Gasteiger partial charge in [0.2, 0.25) is 0 Å². The quantitative estimate of drug-likeness (QED) is 0.257. The minimum Gasteiger partial charge on any atom is -0.274 e. The Kier molecular flexibility index (Phi) is 3.39. The molecule has 3 heteroatoms. The first-order valence-electron chi connectivity index (χ1n) is 2.54. The second-order valence-corrected chi connectivity index (χ2v) is 1.45. The third kappa shape index (κ3) is 2.66. The van der Waals surface area contributed by atoms with Gasteiger partial charge in [0.25, 0.3) is 0 Å². The maximum Gasteiger partial charge on any atom is 0.119 e. The van der Waals surface area contributed by atoms with Crippen LogP contribution in [0.25, 0.3) is 0 Å². The first-order valence-corrected chi connectivity index (χ1v) is 2.54. The fraction of sp³-hybridized carbons (Fsp3) is 0.167. The van der Waals surface area contributed by atoms with Crippen molar-refractivity contribution in [3.8, 4) is 0 Å². The van der Waals surface area contributed by atoms with Crippen molar-refractivity contribution < 1.29 is 0 Å². The molecular weight excluding hydrogens is 114 g/mol. The van der Waals surface area contributed by atoms with Gasteiger partial charge in [-0.25, -0.2) is 10.8 Å². The Morgan fingerprint density at radius 3 is 2.56 bits per heavy atom. The summed E-state index contributed by atoms with van der Waals surface area (Å²) in [5.41, 5.74) is 0. The number of hydrogen-bond acceptors (Lipinski definition) is 2. The number of hydrazine groups is 1. The second kappa shape index (κ2) is 3.86. The van der Waals surface area contributed by atoms with Crippen LogP contribution in [0.3, 0.4) is 0 Å². The summed E-state index contributed by atoms with van der Waals surface area (Å²) in [5.74, 6) is 6.01. The van der Waals surface area contributed by atoms with Crippen LogP contribution in [0.2, 0.25) is 0 Å². The molecule has 0 unspecified atom stereocenters. The van der Waals surface area contributed by atoms with Gasteiger partial charge >= 0.3 is 0 Å². The average Bonchev–Trinajstić information content (AvgIpc) is 1.87. The average molecular weight is 125 g/mol. The van der Waals surface area contributed by atoms with Crippen LogP contribution in [-0.2, 0) is 0 Å². The molecule has 0 fully saturated rings. The molecule has 0 bridgehead atoms. The molecule has 0 saturated carbocycles. The van der Waals surface area contributed by atoms with Gasteiger partial charge in [0.05, 0.1) is 0 Å². The Bertz CT molecular complexity index is 137. The summed E-state index contributed by atoms with van der Waals surface area (Å²) in [6.45, 7) is 8.63. The maximum atomic E-state index is 5.34. The van der Waals surface area contributed by atoms with Crippen LogP contribution in [0.5, 0.6) is 0 Å². The van der Waals surface area contributed by atoms with E-state index in [0.717, 1.165) is 0 Å². The van der Waals surface area contributed by atoms with Crippen molar-refractivity contribution in [1.29, 1.82) is 0 Å². The normalized spacial score (nSPS) is 10.7. The van der Waals surface area contributed by atoms with Gasteiger partial charge in [-0.2, -0.15) is 0 Å². The van der Waals surface area contributed by atoms with E-state index in [1.54, 1.807) is 6.92 Å². The number of nitrogens with zero attached hydrogens (tertiary/aromatic N) is 2. The highest BCUT2D eigenvalue weighted by atomic mass is 15.4. The molecule has 3 nitrogen and oxygen atoms in total. The molecule has 0 aromatic carbocycles. The molecule has 0 spiro atoms. The van der Waals surface area contributed by atoms with E-state index in [1.807, 2.05) is 0 Å². The molecule has 9 heavy (non-hydrogen) atoms. The van der Waals surface area contributed by atoms with Crippen LogP contribution in [-0.4, -0.2) is 10.8 Å². The number of aliphatic imine (C=N–C) groups is 1. The van der Waals surface area contributed by atoms with Crippen molar-refractivity contribution >= 4 is 5.84 Å². The molecule has 0 aliphatic rings. The molecule has 0 rings (SSSR count). The molecule has 2 N–H and O–H groups in total. The summed E-state index contributed by atoms with van der Waals surface area (Å²) in [6, 6.07) is 0. The van der Waals surface area contributed by atoms with Gasteiger partial charge in [0.1, 0.15) is 5.84 Å². The Labute approximate surface area is 55.1 Å². The van der Waals surface area contributed by atoms with Gasteiger partial charge in [-0.3, -0.25) is 5.01 Å². The third-order valence-electron chi connectivity index (χ3n) is 0.848. The highest BCUT2D eigenvalue weighted by molar-refractivity contribution is 5.80. The smallest absolute Gasteiger partial charge is 0.119 e. The molecule has 0 saturated heterocycles. The summed E-state index contributed by atoms with van der Waals surface area (Å²) in [4.78, 5) is 3.81. The van der Waals surface area contributed by atoms with Crippen molar-refractivity contribution in [3.63, 3.8) is 0 Å². The standard InChI is InChI=1S/C6H11N3/c1-4-8-6(3)9(7)5-2/h4-5H,1-2,7H2,3H3/b8-6+. The van der Waals surface area contributed by atoms with E-state index in [2.05, 4.69) is 18.2 Å². The zero-order chi connectivity index (χ0) is 7.28. The Morgan fingerprint density at radius 1 is 1.67 bits per heavy atom. The van der Waals surface area contributed by atoms with Gasteiger partial charge in [-0.1, -0.05) is 13.2 Å². The number of rotatable bonds is 2. The van der Waals surface area contributed by atoms with E-state index in [4.69, 9.17) is 5.84 Å². The monoisotopic (exact) mass is 125 g/mol. The van der Waals surface area contributed by atoms with Crippen LogP contribution >= 0.6 is 0 Å². The maximum absolute atomic E-state index is 5.34. The molecule has 0 radical (unpaired) electrons. The van der Waals surface area contributed by atoms with E-state index in [9.17, 15) is 0 Å². The fourth-order valence-electron chi connectivity index (χ4n) is 0.331. The number of amidine groups is 1. The predicted molar refractivity (Wildman–Crippen MR) is 39.5 cm³/mol. The highest BCUT2D eigenvalue weighted by Gasteiger charge is 1.90. The van der Waals surface area contributed by atoms with Crippen molar-refractivity contribution in [2.24, 2.45) is 10.8 Å². The molecule has 0 aromatic rings. The molecule has 50 valence electrons. The van der Waals surface area contributed by atoms with Gasteiger partial charge in [0.15, 0.2) is 0 Å². The van der Waals surface area contributed by atoms with Crippen LogP contribution in [0.1, 0.15) is 6.92 Å². The molecule has 0 atom stereocenters. The van der Waals surface area contributed by atoms with E-state index in [0.29, 0.717) is 5.84 Å². The number of nitrogens with two attached hydrogens (primary N) is 1. The van der Waals surface area contributed by atoms with Gasteiger partial charge in [0, 0.05) is 12.4 Å². The lowest BCUT2D eigenvalue weighted by Gasteiger charge is -2.09. The van der Waals surface area contributed by atoms with Gasteiger partial charge in [-0.15, -0.1) is 0 Å². The molecule has 0 amide bonds. The summed E-state index contributed by atoms with van der Waals surface area (Å²) in [7, 11) is 0. The summed E-state index contributed by atoms with van der Waals surface area (Å²) in [6.07, 6.45) is 2.90. The van der Waals surface area contributed by atoms with Crippen LogP contribution < -0.4 is 5.84 Å². The van der Waals surface area contributed by atoms with Crippen LogP contribution in [0.15, 0.2) is 30.6 Å². The first-order chi connectivity index (χ1) is 4.22. The van der Waals surface area contributed by atoms with Crippen molar-refractivity contribution in [3.05, 3.63) is 25.6 Å². The lowest BCUT2D eigenvalue weighted by molar-refractivity contribution is 0.595. The molecule has 0 aliphatic carbocycles. The minimum absolute atomic E-state index is 0.667. The van der Waals surface area contributed by atoms with E-state index in [-0.39, 0.29) is 0 Å². The zero-order valence-corrected chi connectivity index (χ0v) is 5.54. The van der Waals surface area contributed by atoms with E-state index in [1.165, 1.54) is 17.4 Å². The summed E-state index contributed by atoms with van der Waals surface area (Å²) in [5, 5.41) is 1.32. The van der Waals surface area contributed by atoms with Crippen LogP contribution in [0.4, 0.5) is 0 Å². The van der Waals surface area contributed by atoms with Crippen LogP contribution in [0, 0.1) is 0 Å². The topological polar surface area (TPSA) is 41.6 Å². The lowest BCUT2D eigenvalue weighted by atomic mass is 10.6. The lowest BCUT2D eigenvalue weighted by Crippen LogP contribution is -2.29. The minimum atomic E-state index is 0.667. The summed E-state index contributed by atoms with van der Waals surface area (Å²) < 4.78 is 0. The number of hydrogen-bond donors (Lipinski definition) is 1. The second-order valence-electron chi connectivity index (χ2n) is 1.45. The first kappa shape index (κ1) is 7.91. The third-order valence-corrected chi connectivity index (χ3v) is 0.848. The summed E-state index contributed by atoms with van der Waals surface area (Å²) >= 11 is 0. The van der Waals surface area contributed by atoms with Crippen molar-refractivity contribution in [2.75, 3.05) is 0 Å². The molecular formula is C6H11N3. The Balaban J connectivity index is 3.99. The molecule has 0 heterocycles. The van der Waals surface area contributed by atoms with E-state index < -0.39 is 0 Å².